The van der Waals surface area contributed by atoms with Crippen molar-refractivity contribution in [3.05, 3.63) is 23.7 Å². The number of thioether (sulfide) groups is 1. The van der Waals surface area contributed by atoms with Crippen LogP contribution >= 0.6 is 11.8 Å². The van der Waals surface area contributed by atoms with E-state index in [2.05, 4.69) is 30.2 Å². The van der Waals surface area contributed by atoms with Crippen molar-refractivity contribution in [1.82, 2.24) is 5.32 Å². The molecule has 0 aliphatic carbocycles. The molecule has 0 amide bonds. The number of furan rings is 1. The highest BCUT2D eigenvalue weighted by atomic mass is 32.2. The first-order valence-corrected chi connectivity index (χ1v) is 6.64. The van der Waals surface area contributed by atoms with Gasteiger partial charge in [-0.1, -0.05) is 0 Å². The zero-order valence-electron chi connectivity index (χ0n) is 10.7. The lowest BCUT2D eigenvalue weighted by Gasteiger charge is -2.21. The minimum atomic E-state index is -0.444. The summed E-state index contributed by atoms with van der Waals surface area (Å²) in [7, 11) is 1.34. The van der Waals surface area contributed by atoms with E-state index in [4.69, 9.17) is 4.42 Å². The maximum absolute atomic E-state index is 11.2. The largest absolute Gasteiger partial charge is 0.463 e. The minimum absolute atomic E-state index is 0.192. The van der Waals surface area contributed by atoms with Crippen LogP contribution in [0.3, 0.4) is 0 Å². The fourth-order valence-electron chi connectivity index (χ4n) is 1.24. The lowest BCUT2D eigenvalue weighted by atomic mass is 10.2. The molecule has 0 saturated heterocycles. The lowest BCUT2D eigenvalue weighted by molar-refractivity contribution is 0.0563. The Morgan fingerprint density at radius 1 is 1.53 bits per heavy atom. The molecule has 1 aromatic rings. The second-order valence-corrected chi connectivity index (χ2v) is 5.84. The van der Waals surface area contributed by atoms with Gasteiger partial charge in [-0.2, -0.15) is 11.8 Å². The van der Waals surface area contributed by atoms with Gasteiger partial charge in [-0.25, -0.2) is 4.79 Å². The molecule has 17 heavy (non-hydrogen) atoms. The number of hydrogen-bond acceptors (Lipinski definition) is 5. The van der Waals surface area contributed by atoms with Crippen LogP contribution in [0.4, 0.5) is 0 Å². The monoisotopic (exact) mass is 257 g/mol. The molecule has 1 rings (SSSR count). The predicted octanol–water partition coefficient (Wildman–Crippen LogP) is 2.30. The highest BCUT2D eigenvalue weighted by molar-refractivity contribution is 7.99. The van der Waals surface area contributed by atoms with Crippen LogP contribution in [0.25, 0.3) is 0 Å². The number of esters is 1. The van der Waals surface area contributed by atoms with Crippen molar-refractivity contribution in [2.75, 3.05) is 19.9 Å². The lowest BCUT2D eigenvalue weighted by Crippen LogP contribution is -2.31. The number of methoxy groups -OCH3 is 1. The third kappa shape index (κ3) is 4.44. The Bertz CT molecular complexity index is 374. The van der Waals surface area contributed by atoms with Gasteiger partial charge in [0, 0.05) is 11.3 Å². The maximum atomic E-state index is 11.2. The van der Waals surface area contributed by atoms with E-state index in [0.29, 0.717) is 6.54 Å². The third-order valence-corrected chi connectivity index (χ3v) is 3.70. The first-order valence-electron chi connectivity index (χ1n) is 5.41. The average molecular weight is 257 g/mol. The van der Waals surface area contributed by atoms with Crippen molar-refractivity contribution in [3.8, 4) is 0 Å². The summed E-state index contributed by atoms with van der Waals surface area (Å²) in [4.78, 5) is 11.2. The van der Waals surface area contributed by atoms with Crippen LogP contribution in [0.1, 0.15) is 30.2 Å². The fraction of sp³-hybridized carbons (Fsp3) is 0.583. The molecule has 1 aromatic heterocycles. The van der Waals surface area contributed by atoms with E-state index in [1.165, 1.54) is 7.11 Å². The molecule has 0 aromatic carbocycles. The van der Waals surface area contributed by atoms with Gasteiger partial charge in [0.15, 0.2) is 0 Å². The van der Waals surface area contributed by atoms with Crippen LogP contribution < -0.4 is 5.32 Å². The molecular weight excluding hydrogens is 238 g/mol. The Labute approximate surface area is 106 Å². The highest BCUT2D eigenvalue weighted by Crippen LogP contribution is 2.19. The Morgan fingerprint density at radius 3 is 2.82 bits per heavy atom. The summed E-state index contributed by atoms with van der Waals surface area (Å²) in [6, 6.07) is 3.41. The molecular formula is C12H19NO3S. The molecule has 0 spiro atoms. The molecule has 0 saturated carbocycles. The van der Waals surface area contributed by atoms with Crippen LogP contribution in [0.2, 0.25) is 0 Å². The number of rotatable bonds is 6. The van der Waals surface area contributed by atoms with Crippen molar-refractivity contribution in [3.63, 3.8) is 0 Å². The quantitative estimate of drug-likeness (QED) is 0.792. The Hall–Kier alpha value is -0.940. The van der Waals surface area contributed by atoms with E-state index in [1.54, 1.807) is 12.1 Å². The van der Waals surface area contributed by atoms with Gasteiger partial charge in [-0.3, -0.25) is 0 Å². The zero-order chi connectivity index (χ0) is 12.9. The van der Waals surface area contributed by atoms with Gasteiger partial charge in [0.2, 0.25) is 5.76 Å². The third-order valence-electron chi connectivity index (χ3n) is 2.45. The summed E-state index contributed by atoms with van der Waals surface area (Å²) in [6.45, 7) is 5.84. The van der Waals surface area contributed by atoms with Crippen molar-refractivity contribution >= 4 is 17.7 Å². The first-order chi connectivity index (χ1) is 7.98. The molecule has 0 bridgehead atoms. The summed E-state index contributed by atoms with van der Waals surface area (Å²) >= 11 is 1.81. The van der Waals surface area contributed by atoms with Crippen molar-refractivity contribution < 1.29 is 13.9 Å². The van der Waals surface area contributed by atoms with E-state index in [-0.39, 0.29) is 10.5 Å². The predicted molar refractivity (Wildman–Crippen MR) is 69.3 cm³/mol. The number of ether oxygens (including phenoxy) is 1. The normalized spacial score (nSPS) is 11.5. The van der Waals surface area contributed by atoms with Crippen LogP contribution in [0, 0.1) is 0 Å². The van der Waals surface area contributed by atoms with Crippen LogP contribution in [0.15, 0.2) is 16.5 Å². The van der Waals surface area contributed by atoms with E-state index in [0.717, 1.165) is 12.3 Å². The molecule has 0 aliphatic rings. The number of nitrogens with one attached hydrogen (secondary N) is 1. The maximum Gasteiger partial charge on any atom is 0.373 e. The first kappa shape index (κ1) is 14.1. The van der Waals surface area contributed by atoms with Gasteiger partial charge in [-0.05, 0) is 32.2 Å². The van der Waals surface area contributed by atoms with Crippen molar-refractivity contribution in [2.24, 2.45) is 0 Å². The van der Waals surface area contributed by atoms with Crippen LogP contribution in [-0.4, -0.2) is 30.6 Å². The van der Waals surface area contributed by atoms with E-state index < -0.39 is 5.97 Å². The standard InChI is InChI=1S/C12H19NO3S/c1-12(2,17-4)8-13-7-9-5-6-10(16-9)11(14)15-3/h5-6,13H,7-8H2,1-4H3. The SMILES string of the molecule is COC(=O)c1ccc(CNCC(C)(C)SC)o1. The smallest absolute Gasteiger partial charge is 0.373 e. The van der Waals surface area contributed by atoms with E-state index in [9.17, 15) is 4.79 Å². The number of carbonyl (C=O) groups excluding carboxylic acids is 1. The number of hydrogen-bond donors (Lipinski definition) is 1. The van der Waals surface area contributed by atoms with Gasteiger partial charge < -0.3 is 14.5 Å². The highest BCUT2D eigenvalue weighted by Gasteiger charge is 2.16. The molecule has 0 aliphatic heterocycles. The van der Waals surface area contributed by atoms with Crippen molar-refractivity contribution in [1.29, 1.82) is 0 Å². The molecule has 96 valence electrons. The molecule has 0 fully saturated rings. The van der Waals surface area contributed by atoms with Gasteiger partial charge in [0.05, 0.1) is 13.7 Å². The Balaban J connectivity index is 2.43. The summed E-state index contributed by atoms with van der Waals surface area (Å²) in [6.07, 6.45) is 2.09. The Morgan fingerprint density at radius 2 is 2.24 bits per heavy atom. The molecule has 0 atom stereocenters. The number of carbonyl (C=O) groups is 1. The second kappa shape index (κ2) is 6.12. The summed E-state index contributed by atoms with van der Waals surface area (Å²) < 4.78 is 10.1. The molecule has 4 nitrogen and oxygen atoms in total. The zero-order valence-corrected chi connectivity index (χ0v) is 11.5. The topological polar surface area (TPSA) is 51.5 Å². The van der Waals surface area contributed by atoms with Crippen molar-refractivity contribution in [2.45, 2.75) is 25.1 Å². The minimum Gasteiger partial charge on any atom is -0.463 e. The van der Waals surface area contributed by atoms with Crippen LogP contribution in [0.5, 0.6) is 0 Å². The molecule has 5 heteroatoms. The van der Waals surface area contributed by atoms with Gasteiger partial charge in [-0.15, -0.1) is 0 Å². The van der Waals surface area contributed by atoms with E-state index >= 15 is 0 Å². The average Bonchev–Trinajstić information content (AvgIpc) is 2.76. The molecule has 0 radical (unpaired) electrons. The molecule has 1 heterocycles. The van der Waals surface area contributed by atoms with Gasteiger partial charge in [0.25, 0.3) is 0 Å². The molecule has 1 N–H and O–H groups in total. The van der Waals surface area contributed by atoms with Crippen LogP contribution in [-0.2, 0) is 11.3 Å². The van der Waals surface area contributed by atoms with E-state index in [1.807, 2.05) is 11.8 Å². The second-order valence-electron chi connectivity index (χ2n) is 4.32. The summed E-state index contributed by atoms with van der Waals surface area (Å²) in [5, 5.41) is 3.30. The fourth-order valence-corrected chi connectivity index (χ4v) is 1.49. The molecule has 0 unspecified atom stereocenters. The summed E-state index contributed by atoms with van der Waals surface area (Å²) in [5.41, 5.74) is 0. The van der Waals surface area contributed by atoms with Gasteiger partial charge in [0.1, 0.15) is 5.76 Å². The Kier molecular flexibility index (Phi) is 5.08. The summed E-state index contributed by atoms with van der Waals surface area (Å²) in [5.74, 6) is 0.538. The van der Waals surface area contributed by atoms with Gasteiger partial charge >= 0.3 is 5.97 Å².